The molecule has 1 nitrogen and oxygen atoms in total. The quantitative estimate of drug-likeness (QED) is 0.808. The van der Waals surface area contributed by atoms with Gasteiger partial charge in [-0.1, -0.05) is 12.1 Å². The van der Waals surface area contributed by atoms with Crippen molar-refractivity contribution in [3.63, 3.8) is 0 Å². The normalized spacial score (nSPS) is 10.8. The lowest BCUT2D eigenvalue weighted by Crippen LogP contribution is -2.16. The summed E-state index contributed by atoms with van der Waals surface area (Å²) in [6.07, 6.45) is 0.933. The second kappa shape index (κ2) is 6.12. The standard InChI is InChI=1S/C15H18FNS/c1-11-9-14(12(2)18-11)10-17-8-7-13-3-5-15(16)6-4-13/h3-6,9,17H,7-8,10H2,1-2H3. The van der Waals surface area contributed by atoms with Crippen LogP contribution in [0, 0.1) is 19.7 Å². The van der Waals surface area contributed by atoms with Gasteiger partial charge in [-0.25, -0.2) is 4.39 Å². The molecule has 0 amide bonds. The molecule has 96 valence electrons. The summed E-state index contributed by atoms with van der Waals surface area (Å²) in [5.74, 6) is -0.170. The largest absolute Gasteiger partial charge is 0.312 e. The lowest BCUT2D eigenvalue weighted by Gasteiger charge is -2.04. The van der Waals surface area contributed by atoms with E-state index in [0.29, 0.717) is 0 Å². The monoisotopic (exact) mass is 263 g/mol. The van der Waals surface area contributed by atoms with E-state index in [4.69, 9.17) is 0 Å². The third-order valence-electron chi connectivity index (χ3n) is 2.96. The van der Waals surface area contributed by atoms with Gasteiger partial charge in [-0.3, -0.25) is 0 Å². The summed E-state index contributed by atoms with van der Waals surface area (Å²) in [5.41, 5.74) is 2.55. The van der Waals surface area contributed by atoms with Gasteiger partial charge in [-0.05, 0) is 56.1 Å². The maximum absolute atomic E-state index is 12.7. The van der Waals surface area contributed by atoms with E-state index in [2.05, 4.69) is 25.2 Å². The van der Waals surface area contributed by atoms with Gasteiger partial charge in [0.15, 0.2) is 0 Å². The molecule has 0 aliphatic heterocycles. The Hall–Kier alpha value is -1.19. The van der Waals surface area contributed by atoms with Crippen molar-refractivity contribution in [1.29, 1.82) is 0 Å². The highest BCUT2D eigenvalue weighted by molar-refractivity contribution is 7.12. The van der Waals surface area contributed by atoms with Crippen LogP contribution in [0.3, 0.4) is 0 Å². The van der Waals surface area contributed by atoms with Gasteiger partial charge in [0.05, 0.1) is 0 Å². The fourth-order valence-corrected chi connectivity index (χ4v) is 2.91. The molecular weight excluding hydrogens is 245 g/mol. The van der Waals surface area contributed by atoms with Crippen LogP contribution in [-0.2, 0) is 13.0 Å². The lowest BCUT2D eigenvalue weighted by molar-refractivity contribution is 0.626. The first-order valence-electron chi connectivity index (χ1n) is 6.16. The third kappa shape index (κ3) is 3.65. The summed E-state index contributed by atoms with van der Waals surface area (Å²) >= 11 is 1.84. The molecule has 0 saturated heterocycles. The summed E-state index contributed by atoms with van der Waals surface area (Å²) < 4.78 is 12.7. The first kappa shape index (κ1) is 13.2. The minimum atomic E-state index is -0.170. The van der Waals surface area contributed by atoms with Crippen LogP contribution in [0.15, 0.2) is 30.3 Å². The zero-order chi connectivity index (χ0) is 13.0. The van der Waals surface area contributed by atoms with E-state index in [-0.39, 0.29) is 5.82 Å². The first-order chi connectivity index (χ1) is 8.65. The molecule has 0 fully saturated rings. The van der Waals surface area contributed by atoms with Crippen LogP contribution in [0.1, 0.15) is 20.9 Å². The fourth-order valence-electron chi connectivity index (χ4n) is 1.97. The number of hydrogen-bond donors (Lipinski definition) is 1. The van der Waals surface area contributed by atoms with Gasteiger partial charge < -0.3 is 5.32 Å². The van der Waals surface area contributed by atoms with E-state index in [1.165, 1.54) is 33.0 Å². The molecule has 0 radical (unpaired) electrons. The van der Waals surface area contributed by atoms with E-state index < -0.39 is 0 Å². The average Bonchev–Trinajstić information content (AvgIpc) is 2.66. The first-order valence-corrected chi connectivity index (χ1v) is 6.98. The molecule has 1 heterocycles. The van der Waals surface area contributed by atoms with Gasteiger partial charge in [-0.15, -0.1) is 11.3 Å². The third-order valence-corrected chi connectivity index (χ3v) is 3.97. The van der Waals surface area contributed by atoms with E-state index in [0.717, 1.165) is 19.5 Å². The maximum Gasteiger partial charge on any atom is 0.123 e. The lowest BCUT2D eigenvalue weighted by atomic mass is 10.1. The van der Waals surface area contributed by atoms with Gasteiger partial charge in [-0.2, -0.15) is 0 Å². The van der Waals surface area contributed by atoms with Crippen LogP contribution in [-0.4, -0.2) is 6.54 Å². The molecule has 18 heavy (non-hydrogen) atoms. The van der Waals surface area contributed by atoms with Crippen LogP contribution < -0.4 is 5.32 Å². The molecular formula is C15H18FNS. The molecule has 0 bridgehead atoms. The van der Waals surface area contributed by atoms with Crippen molar-refractivity contribution in [2.75, 3.05) is 6.54 Å². The van der Waals surface area contributed by atoms with Gasteiger partial charge >= 0.3 is 0 Å². The summed E-state index contributed by atoms with van der Waals surface area (Å²) in [6, 6.07) is 8.96. The topological polar surface area (TPSA) is 12.0 Å². The van der Waals surface area contributed by atoms with Crippen LogP contribution >= 0.6 is 11.3 Å². The van der Waals surface area contributed by atoms with E-state index in [9.17, 15) is 4.39 Å². The molecule has 1 N–H and O–H groups in total. The van der Waals surface area contributed by atoms with Crippen LogP contribution in [0.4, 0.5) is 4.39 Å². The van der Waals surface area contributed by atoms with Crippen molar-refractivity contribution >= 4 is 11.3 Å². The number of aryl methyl sites for hydroxylation is 2. The molecule has 0 spiro atoms. The number of thiophene rings is 1. The minimum absolute atomic E-state index is 0.170. The second-order valence-electron chi connectivity index (χ2n) is 4.49. The van der Waals surface area contributed by atoms with Crippen LogP contribution in [0.2, 0.25) is 0 Å². The number of hydrogen-bond acceptors (Lipinski definition) is 2. The molecule has 2 rings (SSSR count). The number of halogens is 1. The Bertz CT molecular complexity index is 502. The smallest absolute Gasteiger partial charge is 0.123 e. The van der Waals surface area contributed by atoms with E-state index in [1.807, 2.05) is 23.5 Å². The second-order valence-corrected chi connectivity index (χ2v) is 5.95. The number of benzene rings is 1. The van der Waals surface area contributed by atoms with Gasteiger partial charge in [0.25, 0.3) is 0 Å². The molecule has 0 aliphatic carbocycles. The molecule has 3 heteroatoms. The minimum Gasteiger partial charge on any atom is -0.312 e. The molecule has 1 aromatic carbocycles. The fraction of sp³-hybridized carbons (Fsp3) is 0.333. The number of rotatable bonds is 5. The molecule has 0 atom stereocenters. The van der Waals surface area contributed by atoms with Crippen molar-refractivity contribution in [3.8, 4) is 0 Å². The van der Waals surface area contributed by atoms with Crippen molar-refractivity contribution in [3.05, 3.63) is 57.0 Å². The van der Waals surface area contributed by atoms with Crippen molar-refractivity contribution in [2.45, 2.75) is 26.8 Å². The van der Waals surface area contributed by atoms with Gasteiger partial charge in [0.1, 0.15) is 5.82 Å². The summed E-state index contributed by atoms with van der Waals surface area (Å²) in [5, 5.41) is 3.43. The Kier molecular flexibility index (Phi) is 4.50. The van der Waals surface area contributed by atoms with Gasteiger partial charge in [0.2, 0.25) is 0 Å². The predicted molar refractivity (Wildman–Crippen MR) is 75.6 cm³/mol. The average molecular weight is 263 g/mol. The Morgan fingerprint density at radius 3 is 2.50 bits per heavy atom. The predicted octanol–water partition coefficient (Wildman–Crippen LogP) is 3.84. The summed E-state index contributed by atoms with van der Waals surface area (Å²) in [7, 11) is 0. The van der Waals surface area contributed by atoms with Gasteiger partial charge in [0, 0.05) is 16.3 Å². The Morgan fingerprint density at radius 1 is 1.17 bits per heavy atom. The molecule has 1 aromatic heterocycles. The zero-order valence-corrected chi connectivity index (χ0v) is 11.6. The Balaban J connectivity index is 1.76. The zero-order valence-electron chi connectivity index (χ0n) is 10.8. The van der Waals surface area contributed by atoms with Crippen LogP contribution in [0.5, 0.6) is 0 Å². The molecule has 2 aromatic rings. The highest BCUT2D eigenvalue weighted by Crippen LogP contribution is 2.20. The molecule has 0 saturated carbocycles. The van der Waals surface area contributed by atoms with E-state index >= 15 is 0 Å². The maximum atomic E-state index is 12.7. The number of nitrogens with one attached hydrogen (secondary N) is 1. The van der Waals surface area contributed by atoms with E-state index in [1.54, 1.807) is 0 Å². The summed E-state index contributed by atoms with van der Waals surface area (Å²) in [6.45, 7) is 6.13. The highest BCUT2D eigenvalue weighted by atomic mass is 32.1. The van der Waals surface area contributed by atoms with Crippen molar-refractivity contribution < 1.29 is 4.39 Å². The van der Waals surface area contributed by atoms with Crippen LogP contribution in [0.25, 0.3) is 0 Å². The van der Waals surface area contributed by atoms with Crippen molar-refractivity contribution in [1.82, 2.24) is 5.32 Å². The summed E-state index contributed by atoms with van der Waals surface area (Å²) in [4.78, 5) is 2.75. The SMILES string of the molecule is Cc1cc(CNCCc2ccc(F)cc2)c(C)s1. The molecule has 0 unspecified atom stereocenters. The Labute approximate surface area is 112 Å². The molecule has 0 aliphatic rings. The highest BCUT2D eigenvalue weighted by Gasteiger charge is 2.02. The Morgan fingerprint density at radius 2 is 1.89 bits per heavy atom. The van der Waals surface area contributed by atoms with Crippen molar-refractivity contribution in [2.24, 2.45) is 0 Å².